The summed E-state index contributed by atoms with van der Waals surface area (Å²) in [5, 5.41) is 5.74. The molecule has 0 radical (unpaired) electrons. The van der Waals surface area contributed by atoms with Gasteiger partial charge in [0.2, 0.25) is 0 Å². The summed E-state index contributed by atoms with van der Waals surface area (Å²) >= 11 is 0. The number of nitrogens with two attached hydrogens (primary N) is 1. The summed E-state index contributed by atoms with van der Waals surface area (Å²) in [6.07, 6.45) is 1.50. The SMILES string of the molecule is N=[C-]N.[Na+]. The van der Waals surface area contributed by atoms with Crippen molar-refractivity contribution in [2.75, 3.05) is 0 Å². The summed E-state index contributed by atoms with van der Waals surface area (Å²) in [4.78, 5) is 0. The van der Waals surface area contributed by atoms with Crippen molar-refractivity contribution in [2.45, 2.75) is 0 Å². The summed E-state index contributed by atoms with van der Waals surface area (Å²) in [6, 6.07) is 0. The molecule has 3 heteroatoms. The molecule has 0 bridgehead atoms. The molecule has 0 spiro atoms. The van der Waals surface area contributed by atoms with Crippen LogP contribution in [0.4, 0.5) is 0 Å². The smallest absolute Gasteiger partial charge is 0.563 e. The molecule has 18 valence electrons. The fraction of sp³-hybridized carbons (Fsp3) is 0. The van der Waals surface area contributed by atoms with E-state index in [1.165, 1.54) is 6.34 Å². The maximum absolute atomic E-state index is 5.74. The Kier molecular flexibility index (Phi) is 21.6. The summed E-state index contributed by atoms with van der Waals surface area (Å²) in [7, 11) is 0. The molecule has 0 aliphatic rings. The van der Waals surface area contributed by atoms with E-state index >= 15 is 0 Å². The first-order valence-corrected chi connectivity index (χ1v) is 0.539. The Bertz CT molecular complexity index is 13.5. The topological polar surface area (TPSA) is 49.9 Å². The van der Waals surface area contributed by atoms with Gasteiger partial charge in [-0.15, -0.1) is 0 Å². The monoisotopic (exact) mass is 66.0 g/mol. The van der Waals surface area contributed by atoms with Gasteiger partial charge in [-0.3, -0.25) is 0 Å². The first-order valence-electron chi connectivity index (χ1n) is 0.539. The minimum atomic E-state index is 0. The second-order valence-electron chi connectivity index (χ2n) is 0.144. The van der Waals surface area contributed by atoms with Crippen LogP contribution in [0.3, 0.4) is 0 Å². The largest absolute Gasteiger partial charge is 1.00 e. The van der Waals surface area contributed by atoms with Gasteiger partial charge in [-0.2, -0.15) is 0 Å². The van der Waals surface area contributed by atoms with Crippen LogP contribution in [-0.4, -0.2) is 6.34 Å². The molecule has 0 unspecified atom stereocenters. The zero-order chi connectivity index (χ0) is 2.71. The molecular formula is CH3N2Na. The van der Waals surface area contributed by atoms with Crippen LogP contribution in [0.2, 0.25) is 0 Å². The van der Waals surface area contributed by atoms with Crippen molar-refractivity contribution >= 4 is 6.34 Å². The Morgan fingerprint density at radius 2 is 1.75 bits per heavy atom. The molecule has 0 saturated carbocycles. The van der Waals surface area contributed by atoms with E-state index in [4.69, 9.17) is 5.41 Å². The van der Waals surface area contributed by atoms with Crippen LogP contribution in [0.1, 0.15) is 0 Å². The average Bonchev–Trinajstić information content (AvgIpc) is 0.918. The van der Waals surface area contributed by atoms with Crippen molar-refractivity contribution in [3.05, 3.63) is 0 Å². The van der Waals surface area contributed by atoms with Gasteiger partial charge in [-0.1, -0.05) is 0 Å². The van der Waals surface area contributed by atoms with Crippen LogP contribution in [0.5, 0.6) is 0 Å². The van der Waals surface area contributed by atoms with E-state index in [0.29, 0.717) is 0 Å². The van der Waals surface area contributed by atoms with E-state index < -0.39 is 0 Å². The first-order chi connectivity index (χ1) is 1.41. The van der Waals surface area contributed by atoms with Gasteiger partial charge < -0.3 is 17.5 Å². The summed E-state index contributed by atoms with van der Waals surface area (Å²) in [5.74, 6) is 0. The van der Waals surface area contributed by atoms with Crippen LogP contribution in [0, 0.1) is 5.41 Å². The minimum Gasteiger partial charge on any atom is -0.563 e. The molecule has 0 aliphatic heterocycles. The van der Waals surface area contributed by atoms with E-state index in [2.05, 4.69) is 5.73 Å². The standard InChI is InChI=1S/CH3N2.Na/c2-1-3;/h(H3,2,3);/q-1;+1. The maximum Gasteiger partial charge on any atom is 1.00 e. The van der Waals surface area contributed by atoms with E-state index in [1.54, 1.807) is 0 Å². The van der Waals surface area contributed by atoms with Crippen LogP contribution < -0.4 is 35.3 Å². The predicted octanol–water partition coefficient (Wildman–Crippen LogP) is -3.57. The van der Waals surface area contributed by atoms with Crippen molar-refractivity contribution in [2.24, 2.45) is 5.73 Å². The molecule has 0 saturated heterocycles. The normalized spacial score (nSPS) is 3.00. The van der Waals surface area contributed by atoms with Gasteiger partial charge in [0.25, 0.3) is 0 Å². The molecule has 0 atom stereocenters. The predicted molar refractivity (Wildman–Crippen MR) is 11.9 cm³/mol. The molecule has 0 fully saturated rings. The van der Waals surface area contributed by atoms with Crippen LogP contribution in [-0.2, 0) is 0 Å². The fourth-order valence-electron chi connectivity index (χ4n) is 0. The molecule has 4 heavy (non-hydrogen) atoms. The molecule has 3 N–H and O–H groups in total. The Morgan fingerprint density at radius 3 is 1.75 bits per heavy atom. The van der Waals surface area contributed by atoms with Crippen LogP contribution >= 0.6 is 0 Å². The van der Waals surface area contributed by atoms with E-state index in [-0.39, 0.29) is 29.6 Å². The van der Waals surface area contributed by atoms with E-state index in [0.717, 1.165) is 0 Å². The first kappa shape index (κ1) is 8.82. The van der Waals surface area contributed by atoms with Gasteiger partial charge in [0.1, 0.15) is 0 Å². The average molecular weight is 66.0 g/mol. The van der Waals surface area contributed by atoms with E-state index in [9.17, 15) is 0 Å². The van der Waals surface area contributed by atoms with Gasteiger partial charge in [-0.25, -0.2) is 0 Å². The second-order valence-corrected chi connectivity index (χ2v) is 0.144. The molecule has 0 amide bonds. The summed E-state index contributed by atoms with van der Waals surface area (Å²) < 4.78 is 0. The molecular weight excluding hydrogens is 63.0 g/mol. The van der Waals surface area contributed by atoms with Gasteiger partial charge in [0.15, 0.2) is 0 Å². The third kappa shape index (κ3) is 24.2. The molecule has 0 aromatic heterocycles. The Morgan fingerprint density at radius 1 is 1.75 bits per heavy atom. The van der Waals surface area contributed by atoms with Crippen LogP contribution in [0.15, 0.2) is 0 Å². The van der Waals surface area contributed by atoms with Gasteiger partial charge in [0.05, 0.1) is 0 Å². The molecule has 2 nitrogen and oxygen atoms in total. The molecule has 0 aliphatic carbocycles. The molecule has 0 aromatic carbocycles. The van der Waals surface area contributed by atoms with Gasteiger partial charge >= 0.3 is 29.6 Å². The molecule has 0 heterocycles. The zero-order valence-corrected chi connectivity index (χ0v) is 4.58. The van der Waals surface area contributed by atoms with E-state index in [1.807, 2.05) is 0 Å². The molecule has 0 aromatic rings. The van der Waals surface area contributed by atoms with Crippen LogP contribution in [0.25, 0.3) is 0 Å². The van der Waals surface area contributed by atoms with Crippen molar-refractivity contribution in [3.63, 3.8) is 0 Å². The van der Waals surface area contributed by atoms with Gasteiger partial charge in [0, 0.05) is 0 Å². The Balaban J connectivity index is 0. The van der Waals surface area contributed by atoms with Gasteiger partial charge in [-0.05, 0) is 0 Å². The van der Waals surface area contributed by atoms with Crippen molar-refractivity contribution in [1.29, 1.82) is 5.41 Å². The summed E-state index contributed by atoms with van der Waals surface area (Å²) in [5.41, 5.74) is 4.26. The zero-order valence-electron chi connectivity index (χ0n) is 2.58. The van der Waals surface area contributed by atoms with Crippen molar-refractivity contribution < 1.29 is 29.6 Å². The quantitative estimate of drug-likeness (QED) is 0.0992. The molecule has 0 rings (SSSR count). The number of hydrogen-bond donors (Lipinski definition) is 2. The van der Waals surface area contributed by atoms with Crippen molar-refractivity contribution in [1.82, 2.24) is 0 Å². The number of rotatable bonds is 0. The maximum atomic E-state index is 5.74. The third-order valence-corrected chi connectivity index (χ3v) is 0. The van der Waals surface area contributed by atoms with Crippen molar-refractivity contribution in [3.8, 4) is 0 Å². The summed E-state index contributed by atoms with van der Waals surface area (Å²) in [6.45, 7) is 0. The number of hydrogen-bond acceptors (Lipinski definition) is 1. The Hall–Kier alpha value is 0.470. The second kappa shape index (κ2) is 9.80. The minimum absolute atomic E-state index is 0. The fourth-order valence-corrected chi connectivity index (χ4v) is 0. The third-order valence-electron chi connectivity index (χ3n) is 0. The number of nitrogens with one attached hydrogen (secondary N) is 1. The Labute approximate surface area is 47.2 Å².